The van der Waals surface area contributed by atoms with Gasteiger partial charge in [0.25, 0.3) is 5.91 Å². The number of hydrogen-bond donors (Lipinski definition) is 2. The summed E-state index contributed by atoms with van der Waals surface area (Å²) in [4.78, 5) is 20.9. The summed E-state index contributed by atoms with van der Waals surface area (Å²) in [6.45, 7) is 2.62. The van der Waals surface area contributed by atoms with E-state index in [1.807, 2.05) is 49.4 Å². The summed E-state index contributed by atoms with van der Waals surface area (Å²) in [5.41, 5.74) is 2.97. The van der Waals surface area contributed by atoms with Crippen molar-refractivity contribution in [2.24, 2.45) is 0 Å². The fraction of sp³-hybridized carbons (Fsp3) is 0.190. The second-order valence-corrected chi connectivity index (χ2v) is 6.69. The van der Waals surface area contributed by atoms with E-state index in [0.717, 1.165) is 22.6 Å². The van der Waals surface area contributed by atoms with Crippen LogP contribution >= 0.6 is 11.6 Å². The number of anilines is 2. The van der Waals surface area contributed by atoms with Gasteiger partial charge in [-0.1, -0.05) is 29.8 Å². The lowest BCUT2D eigenvalue weighted by molar-refractivity contribution is 0.102. The van der Waals surface area contributed by atoms with Crippen LogP contribution in [0.25, 0.3) is 0 Å². The van der Waals surface area contributed by atoms with Crippen LogP contribution in [0.4, 0.5) is 11.5 Å². The molecule has 0 unspecified atom stereocenters. The molecule has 0 aliphatic heterocycles. The van der Waals surface area contributed by atoms with Crippen molar-refractivity contribution >= 4 is 29.0 Å². The largest absolute Gasteiger partial charge is 0.495 e. The van der Waals surface area contributed by atoms with Crippen LogP contribution in [0.15, 0.2) is 54.9 Å². The van der Waals surface area contributed by atoms with Gasteiger partial charge >= 0.3 is 0 Å². The minimum absolute atomic E-state index is 0.226. The van der Waals surface area contributed by atoms with Gasteiger partial charge in [-0.05, 0) is 48.7 Å². The predicted molar refractivity (Wildman–Crippen MR) is 111 cm³/mol. The number of nitrogens with zero attached hydrogens (tertiary/aromatic N) is 2. The van der Waals surface area contributed by atoms with Crippen molar-refractivity contribution in [1.82, 2.24) is 9.97 Å². The van der Waals surface area contributed by atoms with Crippen LogP contribution < -0.4 is 15.4 Å². The predicted octanol–water partition coefficient (Wildman–Crippen LogP) is 4.35. The molecular formula is C21H21ClN4O2. The van der Waals surface area contributed by atoms with E-state index in [4.69, 9.17) is 16.3 Å². The molecule has 3 aromatic rings. The molecular weight excluding hydrogens is 376 g/mol. The molecule has 3 rings (SSSR count). The highest BCUT2D eigenvalue weighted by Gasteiger charge is 2.12. The van der Waals surface area contributed by atoms with E-state index in [1.54, 1.807) is 13.3 Å². The molecule has 0 saturated carbocycles. The van der Waals surface area contributed by atoms with E-state index in [2.05, 4.69) is 20.6 Å². The average Bonchev–Trinajstić information content (AvgIpc) is 2.69. The first-order valence-electron chi connectivity index (χ1n) is 8.81. The highest BCUT2D eigenvalue weighted by Crippen LogP contribution is 2.25. The molecule has 2 aromatic carbocycles. The smallest absolute Gasteiger partial charge is 0.275 e. The molecule has 7 heteroatoms. The van der Waals surface area contributed by atoms with Gasteiger partial charge in [0.2, 0.25) is 0 Å². The Hall–Kier alpha value is -3.12. The normalized spacial score (nSPS) is 10.4. The highest BCUT2D eigenvalue weighted by atomic mass is 35.5. The number of aromatic nitrogens is 2. The zero-order valence-electron chi connectivity index (χ0n) is 15.7. The molecule has 0 radical (unpaired) electrons. The zero-order chi connectivity index (χ0) is 19.9. The third kappa shape index (κ3) is 5.20. The van der Waals surface area contributed by atoms with Crippen molar-refractivity contribution in [2.75, 3.05) is 24.3 Å². The molecule has 0 aliphatic rings. The summed E-state index contributed by atoms with van der Waals surface area (Å²) >= 11 is 5.99. The fourth-order valence-electron chi connectivity index (χ4n) is 2.67. The maximum atomic E-state index is 12.4. The molecule has 1 aromatic heterocycles. The molecule has 0 fully saturated rings. The van der Waals surface area contributed by atoms with Crippen molar-refractivity contribution in [3.63, 3.8) is 0 Å². The Morgan fingerprint density at radius 1 is 1.14 bits per heavy atom. The monoisotopic (exact) mass is 396 g/mol. The van der Waals surface area contributed by atoms with Crippen LogP contribution in [0.2, 0.25) is 5.02 Å². The number of rotatable bonds is 7. The van der Waals surface area contributed by atoms with Gasteiger partial charge in [0.1, 0.15) is 17.3 Å². The Kier molecular flexibility index (Phi) is 6.45. The first-order chi connectivity index (χ1) is 13.5. The topological polar surface area (TPSA) is 76.1 Å². The van der Waals surface area contributed by atoms with Gasteiger partial charge in [0.05, 0.1) is 25.2 Å². The molecule has 0 saturated heterocycles. The van der Waals surface area contributed by atoms with E-state index >= 15 is 0 Å². The van der Waals surface area contributed by atoms with Crippen LogP contribution in [0.1, 0.15) is 21.6 Å². The van der Waals surface area contributed by atoms with Gasteiger partial charge in [0, 0.05) is 11.6 Å². The summed E-state index contributed by atoms with van der Waals surface area (Å²) in [6.07, 6.45) is 3.79. The Morgan fingerprint density at radius 2 is 2.00 bits per heavy atom. The summed E-state index contributed by atoms with van der Waals surface area (Å²) in [7, 11) is 1.56. The van der Waals surface area contributed by atoms with Crippen molar-refractivity contribution in [2.45, 2.75) is 13.3 Å². The average molecular weight is 397 g/mol. The number of nitrogens with one attached hydrogen (secondary N) is 2. The maximum absolute atomic E-state index is 12.4. The lowest BCUT2D eigenvalue weighted by atomic mass is 10.1. The summed E-state index contributed by atoms with van der Waals surface area (Å²) in [5.74, 6) is 0.847. The van der Waals surface area contributed by atoms with Crippen LogP contribution in [-0.2, 0) is 6.42 Å². The van der Waals surface area contributed by atoms with Crippen LogP contribution in [0.5, 0.6) is 5.75 Å². The fourth-order valence-corrected chi connectivity index (χ4v) is 2.88. The third-order valence-electron chi connectivity index (χ3n) is 4.10. The molecule has 2 N–H and O–H groups in total. The molecule has 0 spiro atoms. The molecule has 6 nitrogen and oxygen atoms in total. The first-order valence-corrected chi connectivity index (χ1v) is 9.19. The summed E-state index contributed by atoms with van der Waals surface area (Å²) in [5, 5.41) is 6.71. The van der Waals surface area contributed by atoms with E-state index in [0.29, 0.717) is 23.8 Å². The number of hydrogen-bond acceptors (Lipinski definition) is 5. The number of methoxy groups -OCH3 is 1. The number of halogens is 1. The van der Waals surface area contributed by atoms with E-state index in [9.17, 15) is 4.79 Å². The first kappa shape index (κ1) is 19.6. The Balaban J connectivity index is 1.58. The number of carbonyl (C=O) groups is 1. The summed E-state index contributed by atoms with van der Waals surface area (Å²) < 4.78 is 5.28. The van der Waals surface area contributed by atoms with E-state index < -0.39 is 0 Å². The Labute approximate surface area is 168 Å². The zero-order valence-corrected chi connectivity index (χ0v) is 16.5. The molecule has 1 amide bonds. The highest BCUT2D eigenvalue weighted by molar-refractivity contribution is 6.30. The second-order valence-electron chi connectivity index (χ2n) is 6.25. The molecule has 0 aliphatic carbocycles. The number of aryl methyl sites for hydroxylation is 1. The van der Waals surface area contributed by atoms with Crippen molar-refractivity contribution in [1.29, 1.82) is 0 Å². The Morgan fingerprint density at radius 3 is 2.71 bits per heavy atom. The lowest BCUT2D eigenvalue weighted by Crippen LogP contribution is -2.15. The van der Waals surface area contributed by atoms with Gasteiger partial charge in [-0.25, -0.2) is 9.97 Å². The van der Waals surface area contributed by atoms with E-state index in [-0.39, 0.29) is 11.6 Å². The van der Waals surface area contributed by atoms with Gasteiger partial charge in [-0.15, -0.1) is 0 Å². The second kappa shape index (κ2) is 9.19. The summed E-state index contributed by atoms with van der Waals surface area (Å²) in [6, 6.07) is 13.3. The van der Waals surface area contributed by atoms with Crippen molar-refractivity contribution < 1.29 is 9.53 Å². The molecule has 28 heavy (non-hydrogen) atoms. The van der Waals surface area contributed by atoms with Crippen molar-refractivity contribution in [3.05, 3.63) is 76.7 Å². The molecule has 144 valence electrons. The Bertz CT molecular complexity index is 961. The SMILES string of the molecule is COc1ccc(C)cc1NC(=O)c1cnc(NCCc2cccc(Cl)c2)cn1. The van der Waals surface area contributed by atoms with Gasteiger partial charge in [0.15, 0.2) is 0 Å². The molecule has 0 bridgehead atoms. The number of amides is 1. The van der Waals surface area contributed by atoms with Crippen LogP contribution in [0.3, 0.4) is 0 Å². The molecule has 1 heterocycles. The quantitative estimate of drug-likeness (QED) is 0.620. The number of carbonyl (C=O) groups excluding carboxylic acids is 1. The van der Waals surface area contributed by atoms with Crippen molar-refractivity contribution in [3.8, 4) is 5.75 Å². The molecule has 0 atom stereocenters. The minimum Gasteiger partial charge on any atom is -0.495 e. The van der Waals surface area contributed by atoms with Gasteiger partial charge in [-0.2, -0.15) is 0 Å². The number of ether oxygens (including phenoxy) is 1. The van der Waals surface area contributed by atoms with Gasteiger partial charge in [-0.3, -0.25) is 4.79 Å². The standard InChI is InChI=1S/C21H21ClN4O2/c1-14-6-7-19(28-2)17(10-14)26-21(27)18-12-25-20(13-24-18)23-9-8-15-4-3-5-16(22)11-15/h3-7,10-13H,8-9H2,1-2H3,(H,23,25)(H,26,27). The minimum atomic E-state index is -0.345. The van der Waals surface area contributed by atoms with Gasteiger partial charge < -0.3 is 15.4 Å². The lowest BCUT2D eigenvalue weighted by Gasteiger charge is -2.11. The number of benzene rings is 2. The third-order valence-corrected chi connectivity index (χ3v) is 4.33. The van der Waals surface area contributed by atoms with Crippen LogP contribution in [-0.4, -0.2) is 29.5 Å². The van der Waals surface area contributed by atoms with E-state index in [1.165, 1.54) is 6.20 Å². The van der Waals surface area contributed by atoms with Crippen LogP contribution in [0, 0.1) is 6.92 Å². The maximum Gasteiger partial charge on any atom is 0.275 e.